The minimum absolute atomic E-state index is 0.371. The fraction of sp³-hybridized carbons (Fsp3) is 0.800. The van der Waals surface area contributed by atoms with Crippen LogP contribution >= 0.6 is 0 Å². The fourth-order valence-corrected chi connectivity index (χ4v) is 0.577. The molecule has 0 atom stereocenters. The average Bonchev–Trinajstić information content (AvgIpc) is 1.89. The van der Waals surface area contributed by atoms with Crippen molar-refractivity contribution in [2.24, 2.45) is 0 Å². The maximum absolute atomic E-state index is 10.5. The number of amides is 1. The van der Waals surface area contributed by atoms with Crippen LogP contribution in [0.4, 0.5) is 4.79 Å². The van der Waals surface area contributed by atoms with Gasteiger partial charge in [0.2, 0.25) is 0 Å². The van der Waals surface area contributed by atoms with E-state index in [1.165, 1.54) is 0 Å². The summed E-state index contributed by atoms with van der Waals surface area (Å²) in [6, 6.07) is 1.01. The standard InChI is InChI=1S/C5H13NO3Si/c1-2-8-5(7)6-9-3-4-10/h2-4H2,1,10H3,(H,6,7). The van der Waals surface area contributed by atoms with Crippen molar-refractivity contribution in [1.29, 1.82) is 0 Å². The van der Waals surface area contributed by atoms with Crippen LogP contribution in [0.5, 0.6) is 0 Å². The predicted octanol–water partition coefficient (Wildman–Crippen LogP) is -0.552. The minimum atomic E-state index is -0.516. The van der Waals surface area contributed by atoms with Gasteiger partial charge in [0, 0.05) is 10.2 Å². The maximum Gasteiger partial charge on any atom is 0.431 e. The first-order valence-corrected chi connectivity index (χ1v) is 4.77. The van der Waals surface area contributed by atoms with E-state index in [-0.39, 0.29) is 0 Å². The number of ether oxygens (including phenoxy) is 1. The molecule has 0 rings (SSSR count). The molecular formula is C5H13NO3Si. The summed E-state index contributed by atoms with van der Waals surface area (Å²) in [4.78, 5) is 15.2. The Morgan fingerprint density at radius 2 is 2.40 bits per heavy atom. The van der Waals surface area contributed by atoms with E-state index in [9.17, 15) is 4.79 Å². The van der Waals surface area contributed by atoms with Crippen LogP contribution in [0.15, 0.2) is 0 Å². The Balaban J connectivity index is 3.05. The zero-order chi connectivity index (χ0) is 7.82. The zero-order valence-electron chi connectivity index (χ0n) is 6.35. The molecule has 0 aromatic heterocycles. The van der Waals surface area contributed by atoms with Crippen LogP contribution in [0, 0.1) is 0 Å². The highest BCUT2D eigenvalue weighted by Gasteiger charge is 1.96. The largest absolute Gasteiger partial charge is 0.448 e. The lowest BCUT2D eigenvalue weighted by molar-refractivity contribution is 0.0364. The summed E-state index contributed by atoms with van der Waals surface area (Å²) in [5.74, 6) is 0. The van der Waals surface area contributed by atoms with Crippen LogP contribution in [-0.4, -0.2) is 29.5 Å². The number of carbonyl (C=O) groups is 1. The van der Waals surface area contributed by atoms with Gasteiger partial charge in [-0.25, -0.2) is 4.79 Å². The molecule has 0 unspecified atom stereocenters. The first-order valence-electron chi connectivity index (χ1n) is 3.35. The molecule has 4 nitrogen and oxygen atoms in total. The summed E-state index contributed by atoms with van der Waals surface area (Å²) < 4.78 is 4.52. The van der Waals surface area contributed by atoms with Gasteiger partial charge >= 0.3 is 6.09 Å². The second-order valence-electron chi connectivity index (χ2n) is 1.67. The third kappa shape index (κ3) is 5.58. The van der Waals surface area contributed by atoms with Crippen LogP contribution in [0.1, 0.15) is 6.92 Å². The van der Waals surface area contributed by atoms with Crippen LogP contribution in [-0.2, 0) is 9.57 Å². The van der Waals surface area contributed by atoms with E-state index in [0.29, 0.717) is 13.2 Å². The lowest BCUT2D eigenvalue weighted by Crippen LogP contribution is -2.24. The third-order valence-electron chi connectivity index (χ3n) is 0.737. The van der Waals surface area contributed by atoms with Crippen molar-refractivity contribution in [1.82, 2.24) is 5.48 Å². The van der Waals surface area contributed by atoms with E-state index in [2.05, 4.69) is 10.2 Å². The SMILES string of the molecule is CCOC(=O)NOCC[SiH3]. The molecule has 0 aliphatic heterocycles. The molecule has 0 radical (unpaired) electrons. The van der Waals surface area contributed by atoms with Crippen molar-refractivity contribution < 1.29 is 14.4 Å². The zero-order valence-corrected chi connectivity index (χ0v) is 8.35. The topological polar surface area (TPSA) is 47.6 Å². The molecule has 1 amide bonds. The van der Waals surface area contributed by atoms with Crippen molar-refractivity contribution in [3.8, 4) is 0 Å². The van der Waals surface area contributed by atoms with Gasteiger partial charge < -0.3 is 4.74 Å². The van der Waals surface area contributed by atoms with Gasteiger partial charge in [0.15, 0.2) is 0 Å². The average molecular weight is 163 g/mol. The van der Waals surface area contributed by atoms with Crippen LogP contribution in [0.25, 0.3) is 0 Å². The van der Waals surface area contributed by atoms with Crippen LogP contribution < -0.4 is 5.48 Å². The Labute approximate surface area is 63.3 Å². The van der Waals surface area contributed by atoms with Gasteiger partial charge in [-0.3, -0.25) is 4.84 Å². The Morgan fingerprint density at radius 3 is 2.90 bits per heavy atom. The van der Waals surface area contributed by atoms with Gasteiger partial charge in [-0.1, -0.05) is 0 Å². The van der Waals surface area contributed by atoms with Gasteiger partial charge in [0.25, 0.3) is 0 Å². The van der Waals surface area contributed by atoms with Gasteiger partial charge in [-0.2, -0.15) is 5.48 Å². The molecule has 0 aromatic rings. The van der Waals surface area contributed by atoms with Crippen molar-refractivity contribution in [2.45, 2.75) is 13.0 Å². The molecule has 0 aromatic carbocycles. The molecule has 0 heterocycles. The predicted molar refractivity (Wildman–Crippen MR) is 40.9 cm³/mol. The molecule has 1 N–H and O–H groups in total. The minimum Gasteiger partial charge on any atom is -0.448 e. The Kier molecular flexibility index (Phi) is 6.20. The lowest BCUT2D eigenvalue weighted by atomic mass is 10.9. The summed E-state index contributed by atoms with van der Waals surface area (Å²) in [6.45, 7) is 2.69. The second kappa shape index (κ2) is 6.57. The first kappa shape index (κ1) is 9.45. The normalized spacial score (nSPS) is 9.30. The highest BCUT2D eigenvalue weighted by atomic mass is 28.1. The van der Waals surface area contributed by atoms with Crippen LogP contribution in [0.3, 0.4) is 0 Å². The molecule has 10 heavy (non-hydrogen) atoms. The lowest BCUT2D eigenvalue weighted by Gasteiger charge is -2.03. The summed E-state index contributed by atoms with van der Waals surface area (Å²) in [7, 11) is 1.08. The summed E-state index contributed by atoms with van der Waals surface area (Å²) >= 11 is 0. The molecule has 0 aliphatic rings. The Hall–Kier alpha value is -0.553. The van der Waals surface area contributed by atoms with Crippen molar-refractivity contribution in [3.63, 3.8) is 0 Å². The first-order chi connectivity index (χ1) is 4.81. The smallest absolute Gasteiger partial charge is 0.431 e. The molecular weight excluding hydrogens is 150 g/mol. The van der Waals surface area contributed by atoms with Gasteiger partial charge in [-0.15, -0.1) is 0 Å². The molecule has 0 saturated heterocycles. The monoisotopic (exact) mass is 163 g/mol. The van der Waals surface area contributed by atoms with E-state index in [4.69, 9.17) is 4.84 Å². The van der Waals surface area contributed by atoms with Gasteiger partial charge in [-0.05, 0) is 13.0 Å². The van der Waals surface area contributed by atoms with Crippen molar-refractivity contribution in [3.05, 3.63) is 0 Å². The summed E-state index contributed by atoms with van der Waals surface area (Å²) in [5, 5.41) is 0. The molecule has 60 valence electrons. The summed E-state index contributed by atoms with van der Waals surface area (Å²) in [5.41, 5.74) is 2.15. The van der Waals surface area contributed by atoms with E-state index in [0.717, 1.165) is 16.3 Å². The number of hydrogen-bond donors (Lipinski definition) is 1. The number of carbonyl (C=O) groups excluding carboxylic acids is 1. The Morgan fingerprint density at radius 1 is 1.70 bits per heavy atom. The van der Waals surface area contributed by atoms with Crippen molar-refractivity contribution in [2.75, 3.05) is 13.2 Å². The maximum atomic E-state index is 10.5. The Bertz CT molecular complexity index is 98.9. The quantitative estimate of drug-likeness (QED) is 0.343. The van der Waals surface area contributed by atoms with Gasteiger partial charge in [0.1, 0.15) is 0 Å². The van der Waals surface area contributed by atoms with Crippen LogP contribution in [0.2, 0.25) is 6.04 Å². The molecule has 5 heteroatoms. The van der Waals surface area contributed by atoms with E-state index < -0.39 is 6.09 Å². The number of hydrogen-bond acceptors (Lipinski definition) is 3. The van der Waals surface area contributed by atoms with Crippen molar-refractivity contribution >= 4 is 16.3 Å². The van der Waals surface area contributed by atoms with E-state index >= 15 is 0 Å². The highest BCUT2D eigenvalue weighted by Crippen LogP contribution is 1.77. The summed E-state index contributed by atoms with van der Waals surface area (Å²) in [6.07, 6.45) is -0.516. The molecule has 0 aliphatic carbocycles. The second-order valence-corrected chi connectivity index (χ2v) is 2.67. The van der Waals surface area contributed by atoms with E-state index in [1.54, 1.807) is 6.92 Å². The van der Waals surface area contributed by atoms with E-state index in [1.807, 2.05) is 0 Å². The fourth-order valence-electron chi connectivity index (χ4n) is 0.373. The number of rotatable bonds is 4. The molecule has 0 fully saturated rings. The third-order valence-corrected chi connectivity index (χ3v) is 1.15. The molecule has 0 bridgehead atoms. The number of hydroxylamine groups is 1. The highest BCUT2D eigenvalue weighted by molar-refractivity contribution is 6.08. The molecule has 0 spiro atoms. The number of nitrogens with one attached hydrogen (secondary N) is 1. The van der Waals surface area contributed by atoms with Gasteiger partial charge in [0.05, 0.1) is 13.2 Å². The molecule has 0 saturated carbocycles.